The molecule has 2 aliphatic rings. The number of methoxy groups -OCH3 is 1. The van der Waals surface area contributed by atoms with E-state index in [2.05, 4.69) is 15.0 Å². The Bertz CT molecular complexity index is 1350. The van der Waals surface area contributed by atoms with Crippen molar-refractivity contribution in [3.63, 3.8) is 0 Å². The molecule has 34 heavy (non-hydrogen) atoms. The van der Waals surface area contributed by atoms with Gasteiger partial charge in [-0.1, -0.05) is 24.6 Å². The highest BCUT2D eigenvalue weighted by molar-refractivity contribution is 7.92. The van der Waals surface area contributed by atoms with E-state index < -0.39 is 15.4 Å². The first-order valence-electron chi connectivity index (χ1n) is 11.1. The lowest BCUT2D eigenvalue weighted by atomic mass is 9.65. The van der Waals surface area contributed by atoms with Crippen LogP contribution in [0.25, 0.3) is 0 Å². The van der Waals surface area contributed by atoms with Crippen molar-refractivity contribution in [1.82, 2.24) is 4.98 Å². The number of hydrogen-bond donors (Lipinski definition) is 2. The number of nitrogens with one attached hydrogen (secondary N) is 2. The van der Waals surface area contributed by atoms with Gasteiger partial charge in [-0.05, 0) is 49.6 Å². The van der Waals surface area contributed by atoms with Crippen LogP contribution in [0.3, 0.4) is 0 Å². The number of fused-ring (bicyclic) bond motifs is 2. The molecule has 1 amide bonds. The van der Waals surface area contributed by atoms with Gasteiger partial charge in [0.2, 0.25) is 5.91 Å². The maximum absolute atomic E-state index is 13.2. The second-order valence-electron chi connectivity index (χ2n) is 8.59. The van der Waals surface area contributed by atoms with Crippen LogP contribution in [-0.4, -0.2) is 26.4 Å². The van der Waals surface area contributed by atoms with Gasteiger partial charge in [0, 0.05) is 24.0 Å². The van der Waals surface area contributed by atoms with Crippen molar-refractivity contribution in [3.8, 4) is 11.5 Å². The van der Waals surface area contributed by atoms with Crippen molar-refractivity contribution in [2.24, 2.45) is 0 Å². The van der Waals surface area contributed by atoms with Gasteiger partial charge in [-0.25, -0.2) is 8.42 Å². The summed E-state index contributed by atoms with van der Waals surface area (Å²) in [4.78, 5) is 17.1. The fourth-order valence-electron chi connectivity index (χ4n) is 4.58. The molecule has 2 N–H and O–H groups in total. The highest BCUT2D eigenvalue weighted by atomic mass is 32.2. The lowest BCUT2D eigenvalue weighted by molar-refractivity contribution is -0.123. The lowest BCUT2D eigenvalue weighted by Crippen LogP contribution is -2.40. The first-order valence-corrected chi connectivity index (χ1v) is 12.5. The second kappa shape index (κ2) is 8.32. The molecule has 1 fully saturated rings. The highest BCUT2D eigenvalue weighted by Crippen LogP contribution is 2.55. The maximum atomic E-state index is 13.2. The zero-order valence-electron chi connectivity index (χ0n) is 18.9. The molecule has 1 atom stereocenters. The van der Waals surface area contributed by atoms with E-state index in [4.69, 9.17) is 9.47 Å². The summed E-state index contributed by atoms with van der Waals surface area (Å²) in [7, 11) is -2.53. The van der Waals surface area contributed by atoms with Crippen molar-refractivity contribution in [1.29, 1.82) is 0 Å². The molecule has 176 valence electrons. The van der Waals surface area contributed by atoms with Crippen LogP contribution in [0.1, 0.15) is 43.4 Å². The summed E-state index contributed by atoms with van der Waals surface area (Å²) >= 11 is 0. The summed E-state index contributed by atoms with van der Waals surface area (Å²) in [5.74, 6) is 0.575. The molecule has 1 saturated carbocycles. The number of aromatic nitrogens is 1. The van der Waals surface area contributed by atoms with Crippen molar-refractivity contribution in [2.45, 2.75) is 42.6 Å². The Labute approximate surface area is 198 Å². The second-order valence-corrected chi connectivity index (χ2v) is 10.2. The molecule has 1 aromatic heterocycles. The van der Waals surface area contributed by atoms with Crippen LogP contribution in [0.5, 0.6) is 11.5 Å². The van der Waals surface area contributed by atoms with Crippen LogP contribution in [0.2, 0.25) is 0 Å². The Morgan fingerprint density at radius 1 is 1.12 bits per heavy atom. The molecule has 0 bridgehead atoms. The van der Waals surface area contributed by atoms with Gasteiger partial charge < -0.3 is 14.8 Å². The molecule has 1 unspecified atom stereocenters. The first-order chi connectivity index (χ1) is 16.3. The fraction of sp³-hybridized carbons (Fsp3) is 0.280. The van der Waals surface area contributed by atoms with Gasteiger partial charge in [0.05, 0.1) is 23.9 Å². The van der Waals surface area contributed by atoms with E-state index >= 15 is 0 Å². The van der Waals surface area contributed by atoms with Gasteiger partial charge in [0.15, 0.2) is 0 Å². The Kier molecular flexibility index (Phi) is 5.44. The van der Waals surface area contributed by atoms with Gasteiger partial charge in [-0.3, -0.25) is 14.5 Å². The van der Waals surface area contributed by atoms with E-state index in [1.165, 1.54) is 13.2 Å². The third kappa shape index (κ3) is 3.66. The molecule has 1 aliphatic heterocycles. The Morgan fingerprint density at radius 3 is 2.59 bits per heavy atom. The topological polar surface area (TPSA) is 107 Å². The molecule has 9 heteroatoms. The predicted molar refractivity (Wildman–Crippen MR) is 128 cm³/mol. The number of para-hydroxylation sites is 1. The summed E-state index contributed by atoms with van der Waals surface area (Å²) in [6.45, 7) is 1.88. The number of amides is 1. The zero-order valence-corrected chi connectivity index (χ0v) is 19.7. The molecule has 8 nitrogen and oxygen atoms in total. The number of pyridine rings is 1. The average molecular weight is 480 g/mol. The number of rotatable bonds is 7. The van der Waals surface area contributed by atoms with Gasteiger partial charge >= 0.3 is 0 Å². The minimum Gasteiger partial charge on any atom is -0.495 e. The average Bonchev–Trinajstić information content (AvgIpc) is 3.11. The summed E-state index contributed by atoms with van der Waals surface area (Å²) < 4.78 is 40.6. The van der Waals surface area contributed by atoms with Crippen LogP contribution in [0.4, 0.5) is 11.4 Å². The number of anilines is 2. The Balaban J connectivity index is 1.56. The molecular weight excluding hydrogens is 454 g/mol. The molecule has 5 rings (SSSR count). The van der Waals surface area contributed by atoms with Crippen LogP contribution in [0, 0.1) is 0 Å². The Hall–Kier alpha value is -3.59. The van der Waals surface area contributed by atoms with E-state index in [9.17, 15) is 13.2 Å². The molecule has 2 heterocycles. The molecular formula is C25H25N3O5S. The van der Waals surface area contributed by atoms with Crippen LogP contribution < -0.4 is 19.5 Å². The third-order valence-corrected chi connectivity index (χ3v) is 7.99. The van der Waals surface area contributed by atoms with Crippen LogP contribution >= 0.6 is 0 Å². The predicted octanol–water partition coefficient (Wildman–Crippen LogP) is 4.40. The van der Waals surface area contributed by atoms with E-state index in [0.29, 0.717) is 30.0 Å². The van der Waals surface area contributed by atoms with E-state index in [1.54, 1.807) is 42.7 Å². The first kappa shape index (κ1) is 22.2. The highest BCUT2D eigenvalue weighted by Gasteiger charge is 2.52. The number of benzene rings is 2. The maximum Gasteiger partial charge on any atom is 0.265 e. The number of hydrogen-bond acceptors (Lipinski definition) is 6. The molecule has 3 aromatic rings. The van der Waals surface area contributed by atoms with Crippen molar-refractivity contribution >= 4 is 27.3 Å². The lowest BCUT2D eigenvalue weighted by Gasteiger charge is -2.36. The van der Waals surface area contributed by atoms with Gasteiger partial charge in [0.25, 0.3) is 10.0 Å². The quantitative estimate of drug-likeness (QED) is 0.520. The third-order valence-electron chi connectivity index (χ3n) is 6.57. The molecule has 1 aliphatic carbocycles. The minimum absolute atomic E-state index is 0.0248. The number of carbonyl (C=O) groups is 1. The standard InChI is InChI=1S/C25H25N3O5S/c1-16(17-7-5-12-26-15-17)33-21-14-18(13-19-23(21)27-24(29)25(19)10-6-11-25)28-34(30,31)22-9-4-3-8-20(22)32-2/h3-5,7-9,12-16,28H,6,10-11H2,1-2H3,(H,27,29). The van der Waals surface area contributed by atoms with E-state index in [1.807, 2.05) is 19.1 Å². The van der Waals surface area contributed by atoms with E-state index in [0.717, 1.165) is 17.5 Å². The van der Waals surface area contributed by atoms with Gasteiger partial charge in [-0.15, -0.1) is 0 Å². The SMILES string of the molecule is COc1ccccc1S(=O)(=O)Nc1cc(OC(C)c2cccnc2)c2c(c1)C1(CCC1)C(=O)N2. The number of ether oxygens (including phenoxy) is 2. The molecule has 0 radical (unpaired) electrons. The monoisotopic (exact) mass is 479 g/mol. The normalized spacial score (nSPS) is 16.8. The van der Waals surface area contributed by atoms with Crippen molar-refractivity contribution < 1.29 is 22.7 Å². The molecule has 1 spiro atoms. The minimum atomic E-state index is -3.96. The number of carbonyl (C=O) groups excluding carboxylic acids is 1. The van der Waals surface area contributed by atoms with Crippen LogP contribution in [0.15, 0.2) is 65.8 Å². The molecule has 0 saturated heterocycles. The van der Waals surface area contributed by atoms with Gasteiger partial charge in [-0.2, -0.15) is 0 Å². The largest absolute Gasteiger partial charge is 0.495 e. The summed E-state index contributed by atoms with van der Waals surface area (Å²) in [5.41, 5.74) is 1.90. The molecule has 2 aromatic carbocycles. The smallest absolute Gasteiger partial charge is 0.265 e. The summed E-state index contributed by atoms with van der Waals surface area (Å²) in [6.07, 6.45) is 5.39. The zero-order chi connectivity index (χ0) is 23.9. The number of nitrogens with zero attached hydrogens (tertiary/aromatic N) is 1. The van der Waals surface area contributed by atoms with Gasteiger partial charge in [0.1, 0.15) is 22.5 Å². The van der Waals surface area contributed by atoms with Crippen molar-refractivity contribution in [2.75, 3.05) is 17.1 Å². The fourth-order valence-corrected chi connectivity index (χ4v) is 5.79. The van der Waals surface area contributed by atoms with Crippen LogP contribution in [-0.2, 0) is 20.2 Å². The number of sulfonamides is 1. The van der Waals surface area contributed by atoms with Crippen molar-refractivity contribution in [3.05, 3.63) is 72.1 Å². The summed E-state index contributed by atoms with van der Waals surface area (Å²) in [6, 6.07) is 13.5. The van der Waals surface area contributed by atoms with E-state index in [-0.39, 0.29) is 22.7 Å². The summed E-state index contributed by atoms with van der Waals surface area (Å²) in [5, 5.41) is 2.98. The Morgan fingerprint density at radius 2 is 1.91 bits per heavy atom.